The molecular weight excluding hydrogens is 390 g/mol. The number of fused-ring (bicyclic) bond motifs is 1. The van der Waals surface area contributed by atoms with Crippen LogP contribution in [-0.2, 0) is 17.8 Å². The van der Waals surface area contributed by atoms with Gasteiger partial charge in [0.25, 0.3) is 0 Å². The van der Waals surface area contributed by atoms with Gasteiger partial charge < -0.3 is 20.0 Å². The molecule has 1 fully saturated rings. The molecule has 1 amide bonds. The summed E-state index contributed by atoms with van der Waals surface area (Å²) in [5.74, 6) is 1.70. The van der Waals surface area contributed by atoms with Gasteiger partial charge in [-0.2, -0.15) is 0 Å². The molecule has 3 heterocycles. The van der Waals surface area contributed by atoms with Crippen LogP contribution in [0.3, 0.4) is 0 Å². The average Bonchev–Trinajstić information content (AvgIpc) is 3.36. The molecule has 31 heavy (non-hydrogen) atoms. The molecule has 7 heteroatoms. The smallest absolute Gasteiger partial charge is 0.242 e. The molecule has 0 radical (unpaired) electrons. The molecule has 0 bridgehead atoms. The zero-order valence-corrected chi connectivity index (χ0v) is 18.3. The van der Waals surface area contributed by atoms with Crippen LogP contribution >= 0.6 is 0 Å². The summed E-state index contributed by atoms with van der Waals surface area (Å²) < 4.78 is 5.72. The van der Waals surface area contributed by atoms with Gasteiger partial charge in [0.05, 0.1) is 18.8 Å². The second kappa shape index (κ2) is 10.5. The summed E-state index contributed by atoms with van der Waals surface area (Å²) in [4.78, 5) is 21.5. The van der Waals surface area contributed by atoms with E-state index in [1.54, 1.807) is 13.3 Å². The van der Waals surface area contributed by atoms with Gasteiger partial charge >= 0.3 is 0 Å². The van der Waals surface area contributed by atoms with E-state index < -0.39 is 0 Å². The first-order chi connectivity index (χ1) is 15.2. The van der Waals surface area contributed by atoms with Gasteiger partial charge in [-0.25, -0.2) is 0 Å². The number of nitrogens with one attached hydrogen (secondary N) is 2. The first-order valence-corrected chi connectivity index (χ1v) is 11.3. The predicted molar refractivity (Wildman–Crippen MR) is 122 cm³/mol. The van der Waals surface area contributed by atoms with E-state index in [1.807, 2.05) is 23.1 Å². The standard InChI is InChI=1S/C24H33N5O2/c1-25-24(26-16-21(22-10-7-15-31-22)28-12-5-2-6-13-28)27-17-23(30)29-14-11-19-8-3-4-9-20(19)18-29/h3-4,7-10,15,21H,2,5-6,11-14,16-18H2,1H3,(H2,25,26,27). The molecule has 4 rings (SSSR count). The maximum Gasteiger partial charge on any atom is 0.242 e. The number of nitrogens with zero attached hydrogens (tertiary/aromatic N) is 3. The van der Waals surface area contributed by atoms with Crippen LogP contribution in [0.25, 0.3) is 0 Å². The van der Waals surface area contributed by atoms with Gasteiger partial charge in [0.15, 0.2) is 5.96 Å². The highest BCUT2D eigenvalue weighted by atomic mass is 16.3. The van der Waals surface area contributed by atoms with Gasteiger partial charge in [0, 0.05) is 26.7 Å². The maximum atomic E-state index is 12.8. The molecule has 2 aliphatic heterocycles. The number of aliphatic imine (C=N–C) groups is 1. The third-order valence-corrected chi connectivity index (χ3v) is 6.28. The van der Waals surface area contributed by atoms with Crippen molar-refractivity contribution in [1.29, 1.82) is 0 Å². The van der Waals surface area contributed by atoms with Crippen LogP contribution in [0.4, 0.5) is 0 Å². The highest BCUT2D eigenvalue weighted by Crippen LogP contribution is 2.24. The number of carbonyl (C=O) groups excluding carboxylic acids is 1. The van der Waals surface area contributed by atoms with Crippen molar-refractivity contribution in [3.05, 3.63) is 59.5 Å². The summed E-state index contributed by atoms with van der Waals surface area (Å²) in [7, 11) is 1.74. The maximum absolute atomic E-state index is 12.8. The largest absolute Gasteiger partial charge is 0.468 e. The minimum atomic E-state index is 0.0936. The third kappa shape index (κ3) is 5.47. The normalized spacial score (nSPS) is 18.4. The van der Waals surface area contributed by atoms with Gasteiger partial charge in [0.2, 0.25) is 5.91 Å². The van der Waals surface area contributed by atoms with E-state index in [-0.39, 0.29) is 18.5 Å². The Morgan fingerprint density at radius 3 is 2.61 bits per heavy atom. The number of furan rings is 1. The number of rotatable bonds is 6. The van der Waals surface area contributed by atoms with Gasteiger partial charge in [-0.3, -0.25) is 14.7 Å². The number of benzene rings is 1. The summed E-state index contributed by atoms with van der Waals surface area (Å²) in [5.41, 5.74) is 2.59. The molecule has 2 aromatic rings. The number of hydrogen-bond acceptors (Lipinski definition) is 4. The Bertz CT molecular complexity index is 874. The summed E-state index contributed by atoms with van der Waals surface area (Å²) in [6, 6.07) is 12.5. The molecule has 166 valence electrons. The van der Waals surface area contributed by atoms with Crippen molar-refractivity contribution in [2.75, 3.05) is 39.8 Å². The summed E-state index contributed by atoms with van der Waals surface area (Å²) in [6.07, 6.45) is 6.38. The number of piperidine rings is 1. The van der Waals surface area contributed by atoms with Gasteiger partial charge in [-0.15, -0.1) is 0 Å². The van der Waals surface area contributed by atoms with E-state index in [4.69, 9.17) is 4.42 Å². The Hall–Kier alpha value is -2.80. The number of carbonyl (C=O) groups is 1. The van der Waals surface area contributed by atoms with E-state index in [2.05, 4.69) is 38.7 Å². The first kappa shape index (κ1) is 21.4. The molecule has 1 unspecified atom stereocenters. The number of guanidine groups is 1. The van der Waals surface area contributed by atoms with Crippen LogP contribution < -0.4 is 10.6 Å². The van der Waals surface area contributed by atoms with Crippen molar-refractivity contribution in [1.82, 2.24) is 20.4 Å². The number of hydrogen-bond donors (Lipinski definition) is 2. The molecule has 0 spiro atoms. The second-order valence-corrected chi connectivity index (χ2v) is 8.27. The summed E-state index contributed by atoms with van der Waals surface area (Å²) in [5, 5.41) is 6.59. The van der Waals surface area contributed by atoms with Crippen molar-refractivity contribution < 1.29 is 9.21 Å². The third-order valence-electron chi connectivity index (χ3n) is 6.28. The van der Waals surface area contributed by atoms with E-state index >= 15 is 0 Å². The minimum Gasteiger partial charge on any atom is -0.468 e. The summed E-state index contributed by atoms with van der Waals surface area (Å²) in [6.45, 7) is 4.51. The highest BCUT2D eigenvalue weighted by molar-refractivity contribution is 5.86. The lowest BCUT2D eigenvalue weighted by Gasteiger charge is -2.33. The molecule has 1 aromatic carbocycles. The highest BCUT2D eigenvalue weighted by Gasteiger charge is 2.25. The lowest BCUT2D eigenvalue weighted by atomic mass is 10.00. The fourth-order valence-electron chi connectivity index (χ4n) is 4.51. The zero-order chi connectivity index (χ0) is 21.5. The van der Waals surface area contributed by atoms with Crippen LogP contribution in [0.2, 0.25) is 0 Å². The van der Waals surface area contributed by atoms with Crippen molar-refractivity contribution >= 4 is 11.9 Å². The monoisotopic (exact) mass is 423 g/mol. The fourth-order valence-corrected chi connectivity index (χ4v) is 4.51. The molecule has 2 aliphatic rings. The van der Waals surface area contributed by atoms with Crippen LogP contribution in [-0.4, -0.2) is 61.4 Å². The van der Waals surface area contributed by atoms with Crippen LogP contribution in [0.15, 0.2) is 52.1 Å². The lowest BCUT2D eigenvalue weighted by molar-refractivity contribution is -0.130. The van der Waals surface area contributed by atoms with Gasteiger partial charge in [-0.05, 0) is 55.6 Å². The zero-order valence-electron chi connectivity index (χ0n) is 18.3. The predicted octanol–water partition coefficient (Wildman–Crippen LogP) is 2.56. The van der Waals surface area contributed by atoms with Crippen molar-refractivity contribution in [3.63, 3.8) is 0 Å². The topological polar surface area (TPSA) is 73.1 Å². The molecule has 1 atom stereocenters. The minimum absolute atomic E-state index is 0.0936. The molecule has 2 N–H and O–H groups in total. The molecule has 1 saturated heterocycles. The molecule has 7 nitrogen and oxygen atoms in total. The number of amides is 1. The Morgan fingerprint density at radius 2 is 1.87 bits per heavy atom. The van der Waals surface area contributed by atoms with Crippen LogP contribution in [0.1, 0.15) is 42.2 Å². The second-order valence-electron chi connectivity index (χ2n) is 8.27. The Labute approximate surface area is 184 Å². The SMILES string of the molecule is CN=C(NCC(=O)N1CCc2ccccc2C1)NCC(c1ccco1)N1CCCCC1. The molecule has 0 saturated carbocycles. The Kier molecular flexibility index (Phi) is 7.25. The summed E-state index contributed by atoms with van der Waals surface area (Å²) >= 11 is 0. The van der Waals surface area contributed by atoms with Crippen LogP contribution in [0.5, 0.6) is 0 Å². The molecule has 1 aromatic heterocycles. The van der Waals surface area contributed by atoms with Crippen molar-refractivity contribution in [2.45, 2.75) is 38.3 Å². The van der Waals surface area contributed by atoms with E-state index in [9.17, 15) is 4.79 Å². The quantitative estimate of drug-likeness (QED) is 0.552. The Balaban J connectivity index is 1.29. The van der Waals surface area contributed by atoms with E-state index in [0.717, 1.165) is 31.8 Å². The van der Waals surface area contributed by atoms with Crippen LogP contribution in [0, 0.1) is 0 Å². The fraction of sp³-hybridized carbons (Fsp3) is 0.500. The average molecular weight is 424 g/mol. The Morgan fingerprint density at radius 1 is 1.06 bits per heavy atom. The van der Waals surface area contributed by atoms with Gasteiger partial charge in [-0.1, -0.05) is 30.7 Å². The first-order valence-electron chi connectivity index (χ1n) is 11.3. The van der Waals surface area contributed by atoms with E-state index in [0.29, 0.717) is 19.0 Å². The van der Waals surface area contributed by atoms with Crippen molar-refractivity contribution in [3.8, 4) is 0 Å². The molecular formula is C24H33N5O2. The lowest BCUT2D eigenvalue weighted by Crippen LogP contribution is -2.48. The van der Waals surface area contributed by atoms with Gasteiger partial charge in [0.1, 0.15) is 5.76 Å². The molecule has 0 aliphatic carbocycles. The van der Waals surface area contributed by atoms with Crippen molar-refractivity contribution in [2.24, 2.45) is 4.99 Å². The van der Waals surface area contributed by atoms with E-state index in [1.165, 1.54) is 30.4 Å². The number of likely N-dealkylation sites (tertiary alicyclic amines) is 1.